The van der Waals surface area contributed by atoms with Crippen molar-refractivity contribution in [1.29, 1.82) is 0 Å². The Labute approximate surface area is 167 Å². The number of hydrogen-bond donors (Lipinski definition) is 1. The summed E-state index contributed by atoms with van der Waals surface area (Å²) in [5.41, 5.74) is 2.40. The largest absolute Gasteiger partial charge is 0.490 e. The van der Waals surface area contributed by atoms with E-state index in [1.807, 2.05) is 24.3 Å². The van der Waals surface area contributed by atoms with Crippen molar-refractivity contribution in [3.63, 3.8) is 0 Å². The van der Waals surface area contributed by atoms with E-state index in [0.717, 1.165) is 57.1 Å². The Balaban J connectivity index is 1.72. The summed E-state index contributed by atoms with van der Waals surface area (Å²) >= 11 is 5.93. The number of hydrogen-bond acceptors (Lipinski definition) is 4. The van der Waals surface area contributed by atoms with E-state index in [1.54, 1.807) is 0 Å². The third kappa shape index (κ3) is 6.42. The minimum atomic E-state index is 0.528. The molecule has 0 spiro atoms. The monoisotopic (exact) mass is 388 g/mol. The lowest BCUT2D eigenvalue weighted by Crippen LogP contribution is -2.28. The van der Waals surface area contributed by atoms with Gasteiger partial charge in [0.05, 0.1) is 0 Å². The molecule has 3 rings (SSSR count). The van der Waals surface area contributed by atoms with E-state index in [4.69, 9.17) is 21.1 Å². The third-order valence-electron chi connectivity index (χ3n) is 4.69. The summed E-state index contributed by atoms with van der Waals surface area (Å²) in [6.45, 7) is 5.78. The molecule has 1 heterocycles. The number of nitrogens with one attached hydrogen (secondary N) is 1. The molecule has 0 fully saturated rings. The van der Waals surface area contributed by atoms with Crippen LogP contribution in [0.2, 0.25) is 0 Å². The van der Waals surface area contributed by atoms with Crippen LogP contribution in [0.25, 0.3) is 0 Å². The van der Waals surface area contributed by atoms with Gasteiger partial charge in [0.15, 0.2) is 0 Å². The fourth-order valence-corrected chi connectivity index (χ4v) is 3.43. The maximum atomic E-state index is 6.04. The summed E-state index contributed by atoms with van der Waals surface area (Å²) in [4.78, 5) is 2.47. The van der Waals surface area contributed by atoms with Crippen LogP contribution in [-0.4, -0.2) is 43.6 Å². The standard InChI is InChI=1S/C22H29ClN2O2/c23-11-5-13-25-14-6-12-24-17-19-7-1-3-9-21(19)26-15-16-27-22-10-4-2-8-20(22)18-25/h1-4,7-10,24H,5-6,11-18H2. The van der Waals surface area contributed by atoms with Crippen LogP contribution in [0.1, 0.15) is 24.0 Å². The number of ether oxygens (including phenoxy) is 2. The Morgan fingerprint density at radius 2 is 1.59 bits per heavy atom. The highest BCUT2D eigenvalue weighted by Gasteiger charge is 2.11. The normalized spacial score (nSPS) is 16.8. The molecule has 0 saturated carbocycles. The van der Waals surface area contributed by atoms with E-state index in [2.05, 4.69) is 34.5 Å². The van der Waals surface area contributed by atoms with Crippen LogP contribution in [0, 0.1) is 0 Å². The molecular weight excluding hydrogens is 360 g/mol. The van der Waals surface area contributed by atoms with Crippen molar-refractivity contribution >= 4 is 11.6 Å². The SMILES string of the molecule is ClCCCN1CCCNCc2ccccc2OCCOc2ccccc2C1. The minimum Gasteiger partial charge on any atom is -0.490 e. The van der Waals surface area contributed by atoms with Crippen molar-refractivity contribution in [2.45, 2.75) is 25.9 Å². The Morgan fingerprint density at radius 1 is 0.926 bits per heavy atom. The van der Waals surface area contributed by atoms with Crippen LogP contribution >= 0.6 is 11.6 Å². The predicted octanol–water partition coefficient (Wildman–Crippen LogP) is 4.07. The summed E-state index contributed by atoms with van der Waals surface area (Å²) in [7, 11) is 0. The molecular formula is C22H29ClN2O2. The predicted molar refractivity (Wildman–Crippen MR) is 111 cm³/mol. The Morgan fingerprint density at radius 3 is 2.33 bits per heavy atom. The van der Waals surface area contributed by atoms with Gasteiger partial charge in [-0.05, 0) is 44.6 Å². The topological polar surface area (TPSA) is 33.7 Å². The van der Waals surface area contributed by atoms with Gasteiger partial charge in [-0.2, -0.15) is 0 Å². The van der Waals surface area contributed by atoms with Gasteiger partial charge in [0.1, 0.15) is 24.7 Å². The fraction of sp³-hybridized carbons (Fsp3) is 0.455. The molecule has 146 valence electrons. The molecule has 0 saturated heterocycles. The summed E-state index contributed by atoms with van der Waals surface area (Å²) in [6.07, 6.45) is 2.09. The van der Waals surface area contributed by atoms with E-state index >= 15 is 0 Å². The summed E-state index contributed by atoms with van der Waals surface area (Å²) < 4.78 is 12.0. The molecule has 0 aliphatic carbocycles. The zero-order valence-corrected chi connectivity index (χ0v) is 16.6. The molecule has 5 heteroatoms. The van der Waals surface area contributed by atoms with Crippen molar-refractivity contribution in [3.8, 4) is 11.5 Å². The van der Waals surface area contributed by atoms with Gasteiger partial charge in [-0.25, -0.2) is 0 Å². The zero-order chi connectivity index (χ0) is 18.7. The molecule has 1 aliphatic rings. The second-order valence-electron chi connectivity index (χ2n) is 6.76. The van der Waals surface area contributed by atoms with E-state index in [9.17, 15) is 0 Å². The van der Waals surface area contributed by atoms with Crippen LogP contribution in [0.4, 0.5) is 0 Å². The maximum absolute atomic E-state index is 6.04. The number of fused-ring (bicyclic) bond motifs is 2. The van der Waals surface area contributed by atoms with Crippen LogP contribution < -0.4 is 14.8 Å². The van der Waals surface area contributed by atoms with Crippen molar-refractivity contribution in [3.05, 3.63) is 59.7 Å². The average Bonchev–Trinajstić information content (AvgIpc) is 2.71. The Bertz CT molecular complexity index is 696. The number of rotatable bonds is 3. The Kier molecular flexibility index (Phi) is 8.28. The third-order valence-corrected chi connectivity index (χ3v) is 4.96. The zero-order valence-electron chi connectivity index (χ0n) is 15.8. The van der Waals surface area contributed by atoms with Gasteiger partial charge in [-0.1, -0.05) is 36.4 Å². The van der Waals surface area contributed by atoms with Gasteiger partial charge in [0, 0.05) is 30.1 Å². The summed E-state index contributed by atoms with van der Waals surface area (Å²) in [6, 6.07) is 16.5. The highest BCUT2D eigenvalue weighted by molar-refractivity contribution is 6.17. The van der Waals surface area contributed by atoms with Gasteiger partial charge in [0.2, 0.25) is 0 Å². The van der Waals surface area contributed by atoms with Crippen molar-refractivity contribution in [1.82, 2.24) is 10.2 Å². The lowest BCUT2D eigenvalue weighted by Gasteiger charge is -2.23. The smallest absolute Gasteiger partial charge is 0.123 e. The van der Waals surface area contributed by atoms with Gasteiger partial charge in [-0.15, -0.1) is 11.6 Å². The highest BCUT2D eigenvalue weighted by atomic mass is 35.5. The van der Waals surface area contributed by atoms with Crippen molar-refractivity contribution < 1.29 is 9.47 Å². The molecule has 0 radical (unpaired) electrons. The molecule has 27 heavy (non-hydrogen) atoms. The van der Waals surface area contributed by atoms with Crippen LogP contribution in [0.15, 0.2) is 48.5 Å². The highest BCUT2D eigenvalue weighted by Crippen LogP contribution is 2.21. The first-order valence-electron chi connectivity index (χ1n) is 9.77. The van der Waals surface area contributed by atoms with Gasteiger partial charge in [-0.3, -0.25) is 4.90 Å². The van der Waals surface area contributed by atoms with E-state index < -0.39 is 0 Å². The van der Waals surface area contributed by atoms with Crippen LogP contribution in [0.5, 0.6) is 11.5 Å². The summed E-state index contributed by atoms with van der Waals surface area (Å²) in [5, 5.41) is 3.54. The summed E-state index contributed by atoms with van der Waals surface area (Å²) in [5.74, 6) is 2.57. The lowest BCUT2D eigenvalue weighted by molar-refractivity contribution is 0.210. The van der Waals surface area contributed by atoms with Crippen molar-refractivity contribution in [2.75, 3.05) is 38.7 Å². The van der Waals surface area contributed by atoms with E-state index in [1.165, 1.54) is 11.1 Å². The number of para-hydroxylation sites is 2. The molecule has 0 aromatic heterocycles. The van der Waals surface area contributed by atoms with Gasteiger partial charge < -0.3 is 14.8 Å². The van der Waals surface area contributed by atoms with Gasteiger partial charge in [0.25, 0.3) is 0 Å². The molecule has 2 aromatic rings. The van der Waals surface area contributed by atoms with Gasteiger partial charge >= 0.3 is 0 Å². The molecule has 2 aromatic carbocycles. The molecule has 0 atom stereocenters. The average molecular weight is 389 g/mol. The quantitative estimate of drug-likeness (QED) is 0.803. The first-order valence-corrected chi connectivity index (χ1v) is 10.3. The Hall–Kier alpha value is -1.75. The second kappa shape index (κ2) is 11.2. The number of alkyl halides is 1. The molecule has 0 amide bonds. The number of halogens is 1. The molecule has 0 unspecified atom stereocenters. The number of benzene rings is 2. The first-order chi connectivity index (χ1) is 13.4. The molecule has 0 bridgehead atoms. The molecule has 1 N–H and O–H groups in total. The van der Waals surface area contributed by atoms with Crippen molar-refractivity contribution in [2.24, 2.45) is 0 Å². The van der Waals surface area contributed by atoms with E-state index in [0.29, 0.717) is 19.1 Å². The minimum absolute atomic E-state index is 0.528. The second-order valence-corrected chi connectivity index (χ2v) is 7.14. The molecule has 4 nitrogen and oxygen atoms in total. The maximum Gasteiger partial charge on any atom is 0.123 e. The molecule has 1 aliphatic heterocycles. The van der Waals surface area contributed by atoms with Crippen LogP contribution in [0.3, 0.4) is 0 Å². The van der Waals surface area contributed by atoms with Crippen LogP contribution in [-0.2, 0) is 13.1 Å². The number of nitrogens with zero attached hydrogens (tertiary/aromatic N) is 1. The fourth-order valence-electron chi connectivity index (χ4n) is 3.31. The van der Waals surface area contributed by atoms with E-state index in [-0.39, 0.29) is 0 Å². The first kappa shape index (κ1) is 20.0. The lowest BCUT2D eigenvalue weighted by atomic mass is 10.1.